The van der Waals surface area contributed by atoms with E-state index >= 15 is 0 Å². The maximum absolute atomic E-state index is 14.1. The topological polar surface area (TPSA) is 91.8 Å². The van der Waals surface area contributed by atoms with Crippen LogP contribution in [0.15, 0.2) is 51.6 Å². The number of hydrogen-bond acceptors (Lipinski definition) is 5. The van der Waals surface area contributed by atoms with Gasteiger partial charge >= 0.3 is 5.97 Å². The van der Waals surface area contributed by atoms with Gasteiger partial charge in [0.05, 0.1) is 16.3 Å². The number of alkyl halides is 1. The van der Waals surface area contributed by atoms with E-state index in [0.717, 1.165) is 16.2 Å². The number of likely N-dealkylation sites (tertiary alicyclic amines) is 1. The first-order valence-corrected chi connectivity index (χ1v) is 9.65. The molecule has 6 nitrogen and oxygen atoms in total. The third-order valence-corrected chi connectivity index (χ3v) is 7.34. The molecule has 3 rings (SSSR count). The lowest BCUT2D eigenvalue weighted by atomic mass is 10.1. The second-order valence-corrected chi connectivity index (χ2v) is 8.94. The van der Waals surface area contributed by atoms with Crippen LogP contribution in [0, 0.1) is 0 Å². The molecule has 0 radical (unpaired) electrons. The van der Waals surface area contributed by atoms with Crippen molar-refractivity contribution in [3.05, 3.63) is 47.3 Å². The van der Waals surface area contributed by atoms with Gasteiger partial charge in [-0.15, -0.1) is 11.3 Å². The minimum atomic E-state index is -3.73. The number of carbonyl (C=O) groups is 2. The van der Waals surface area contributed by atoms with Crippen LogP contribution in [0.3, 0.4) is 0 Å². The highest BCUT2D eigenvalue weighted by Crippen LogP contribution is 2.31. The highest BCUT2D eigenvalue weighted by atomic mass is 32.2. The van der Waals surface area contributed by atoms with E-state index in [1.54, 1.807) is 18.2 Å². The number of carboxylic acid groups (broad SMARTS) is 1. The monoisotopic (exact) mass is 383 g/mol. The van der Waals surface area contributed by atoms with Gasteiger partial charge in [0.15, 0.2) is 0 Å². The lowest BCUT2D eigenvalue weighted by molar-refractivity contribution is -0.149. The summed E-state index contributed by atoms with van der Waals surface area (Å²) in [6.45, 7) is -0.569. The van der Waals surface area contributed by atoms with E-state index < -0.39 is 33.9 Å². The molecular formula is C16H14FNO5S2. The van der Waals surface area contributed by atoms with E-state index in [4.69, 9.17) is 5.11 Å². The molecule has 1 aliphatic heterocycles. The molecule has 0 aliphatic carbocycles. The van der Waals surface area contributed by atoms with Crippen molar-refractivity contribution in [1.29, 1.82) is 0 Å². The molecule has 0 bridgehead atoms. The smallest absolute Gasteiger partial charge is 0.343 e. The van der Waals surface area contributed by atoms with Crippen LogP contribution in [0.5, 0.6) is 0 Å². The van der Waals surface area contributed by atoms with Gasteiger partial charge < -0.3 is 10.0 Å². The van der Waals surface area contributed by atoms with Crippen LogP contribution in [0.25, 0.3) is 0 Å². The maximum atomic E-state index is 14.1. The lowest BCUT2D eigenvalue weighted by Gasteiger charge is -2.16. The summed E-state index contributed by atoms with van der Waals surface area (Å²) in [5.74, 6) is -2.17. The molecule has 1 aromatic carbocycles. The summed E-state index contributed by atoms with van der Waals surface area (Å²) >= 11 is 0.789. The standard InChI is InChI=1S/C16H14FNO5S2/c17-16(15(20)21)8-9-18(10-16)14(19)12-6-7-13(24-12)25(22,23)11-4-2-1-3-5-11/h1-7H,8-10H2,(H,20,21). The summed E-state index contributed by atoms with van der Waals surface area (Å²) in [5.41, 5.74) is -2.45. The number of amides is 1. The Hall–Kier alpha value is -2.26. The number of carboxylic acids is 1. The van der Waals surface area contributed by atoms with E-state index in [1.807, 2.05) is 0 Å². The first-order chi connectivity index (χ1) is 11.7. The van der Waals surface area contributed by atoms with Crippen molar-refractivity contribution < 1.29 is 27.5 Å². The summed E-state index contributed by atoms with van der Waals surface area (Å²) < 4.78 is 39.2. The van der Waals surface area contributed by atoms with Crippen LogP contribution in [0.4, 0.5) is 4.39 Å². The number of carbonyl (C=O) groups excluding carboxylic acids is 1. The van der Waals surface area contributed by atoms with Crippen molar-refractivity contribution in [3.8, 4) is 0 Å². The Morgan fingerprint density at radius 1 is 1.16 bits per heavy atom. The van der Waals surface area contributed by atoms with Crippen molar-refractivity contribution in [3.63, 3.8) is 0 Å². The van der Waals surface area contributed by atoms with Gasteiger partial charge in [-0.05, 0) is 24.3 Å². The molecule has 1 fully saturated rings. The summed E-state index contributed by atoms with van der Waals surface area (Å²) in [5, 5.41) is 8.89. The van der Waals surface area contributed by atoms with Gasteiger partial charge in [-0.25, -0.2) is 17.6 Å². The van der Waals surface area contributed by atoms with Crippen LogP contribution >= 0.6 is 11.3 Å². The number of rotatable bonds is 4. The van der Waals surface area contributed by atoms with Crippen molar-refractivity contribution in [2.45, 2.75) is 21.2 Å². The summed E-state index contributed by atoms with van der Waals surface area (Å²) in [4.78, 5) is 24.7. The van der Waals surface area contributed by atoms with Gasteiger partial charge in [-0.3, -0.25) is 4.79 Å². The minimum Gasteiger partial charge on any atom is -0.479 e. The van der Waals surface area contributed by atoms with Crippen LogP contribution in [-0.4, -0.2) is 49.1 Å². The number of hydrogen-bond donors (Lipinski definition) is 1. The van der Waals surface area contributed by atoms with Gasteiger partial charge in [0.25, 0.3) is 5.91 Å². The fourth-order valence-electron chi connectivity index (χ4n) is 2.57. The van der Waals surface area contributed by atoms with Crippen LogP contribution in [-0.2, 0) is 14.6 Å². The zero-order valence-electron chi connectivity index (χ0n) is 12.9. The predicted molar refractivity (Wildman–Crippen MR) is 88.2 cm³/mol. The van der Waals surface area contributed by atoms with Crippen molar-refractivity contribution in [2.75, 3.05) is 13.1 Å². The Morgan fingerprint density at radius 2 is 1.84 bits per heavy atom. The molecule has 1 N–H and O–H groups in total. The van der Waals surface area contributed by atoms with Crippen LogP contribution in [0.1, 0.15) is 16.1 Å². The van der Waals surface area contributed by atoms with E-state index in [9.17, 15) is 22.4 Å². The Bertz CT molecular complexity index is 925. The SMILES string of the molecule is O=C(c1ccc(S(=O)(=O)c2ccccc2)s1)N1CCC(F)(C(=O)O)C1. The molecule has 1 atom stereocenters. The highest BCUT2D eigenvalue weighted by Gasteiger charge is 2.47. The van der Waals surface area contributed by atoms with Crippen LogP contribution < -0.4 is 0 Å². The van der Waals surface area contributed by atoms with E-state index in [-0.39, 0.29) is 26.9 Å². The highest BCUT2D eigenvalue weighted by molar-refractivity contribution is 7.93. The largest absolute Gasteiger partial charge is 0.479 e. The predicted octanol–water partition coefficient (Wildman–Crippen LogP) is 2.22. The molecule has 132 valence electrons. The molecule has 1 aliphatic rings. The zero-order chi connectivity index (χ0) is 18.2. The van der Waals surface area contributed by atoms with E-state index in [2.05, 4.69) is 0 Å². The Kier molecular flexibility index (Phi) is 4.38. The quantitative estimate of drug-likeness (QED) is 0.874. The summed E-state index contributed by atoms with van der Waals surface area (Å²) in [7, 11) is -3.73. The van der Waals surface area contributed by atoms with Crippen molar-refractivity contribution in [2.24, 2.45) is 0 Å². The molecular weight excluding hydrogens is 369 g/mol. The van der Waals surface area contributed by atoms with E-state index in [0.29, 0.717) is 0 Å². The second kappa shape index (κ2) is 6.23. The van der Waals surface area contributed by atoms with E-state index in [1.165, 1.54) is 24.3 Å². The van der Waals surface area contributed by atoms with Gasteiger partial charge in [0.1, 0.15) is 4.21 Å². The lowest BCUT2D eigenvalue weighted by Crippen LogP contribution is -2.38. The van der Waals surface area contributed by atoms with Crippen molar-refractivity contribution >= 4 is 33.1 Å². The molecule has 1 unspecified atom stereocenters. The Morgan fingerprint density at radius 3 is 2.44 bits per heavy atom. The third-order valence-electron chi connectivity index (χ3n) is 4.00. The number of thiophene rings is 1. The normalized spacial score (nSPS) is 20.6. The summed E-state index contributed by atoms with van der Waals surface area (Å²) in [6, 6.07) is 10.5. The number of benzene rings is 1. The fourth-order valence-corrected chi connectivity index (χ4v) is 5.27. The average Bonchev–Trinajstić information content (AvgIpc) is 3.23. The molecule has 0 saturated carbocycles. The number of aliphatic carboxylic acids is 1. The third kappa shape index (κ3) is 3.16. The number of nitrogens with zero attached hydrogens (tertiary/aromatic N) is 1. The van der Waals surface area contributed by atoms with Gasteiger partial charge in [-0.2, -0.15) is 0 Å². The van der Waals surface area contributed by atoms with Gasteiger partial charge in [-0.1, -0.05) is 18.2 Å². The number of halogens is 1. The molecule has 1 aromatic heterocycles. The minimum absolute atomic E-state index is 0.00555. The maximum Gasteiger partial charge on any atom is 0.343 e. The molecule has 1 amide bonds. The zero-order valence-corrected chi connectivity index (χ0v) is 14.5. The molecule has 25 heavy (non-hydrogen) atoms. The molecule has 2 heterocycles. The average molecular weight is 383 g/mol. The second-order valence-electron chi connectivity index (χ2n) is 5.68. The number of sulfone groups is 1. The van der Waals surface area contributed by atoms with Gasteiger partial charge in [0.2, 0.25) is 15.5 Å². The van der Waals surface area contributed by atoms with Crippen LogP contribution in [0.2, 0.25) is 0 Å². The Labute approximate surface area is 147 Å². The summed E-state index contributed by atoms with van der Waals surface area (Å²) in [6.07, 6.45) is -0.283. The first-order valence-electron chi connectivity index (χ1n) is 7.36. The molecule has 9 heteroatoms. The first kappa shape index (κ1) is 17.6. The van der Waals surface area contributed by atoms with Crippen molar-refractivity contribution in [1.82, 2.24) is 4.90 Å². The Balaban J connectivity index is 1.83. The molecule has 1 saturated heterocycles. The molecule has 0 spiro atoms. The molecule has 2 aromatic rings. The fraction of sp³-hybridized carbons (Fsp3) is 0.250. The van der Waals surface area contributed by atoms with Gasteiger partial charge in [0, 0.05) is 13.0 Å².